The summed E-state index contributed by atoms with van der Waals surface area (Å²) in [6.07, 6.45) is 7.00. The van der Waals surface area contributed by atoms with Crippen LogP contribution in [-0.2, 0) is 23.9 Å². The van der Waals surface area contributed by atoms with Crippen molar-refractivity contribution in [3.8, 4) is 0 Å². The first-order valence-corrected chi connectivity index (χ1v) is 20.1. The van der Waals surface area contributed by atoms with E-state index >= 15 is 0 Å². The van der Waals surface area contributed by atoms with Gasteiger partial charge in [0.05, 0.1) is 37.7 Å². The van der Waals surface area contributed by atoms with E-state index in [-0.39, 0.29) is 74.7 Å². The van der Waals surface area contributed by atoms with Gasteiger partial charge in [0.15, 0.2) is 0 Å². The Labute approximate surface area is 320 Å². The third kappa shape index (κ3) is 15.9. The zero-order valence-corrected chi connectivity index (χ0v) is 32.4. The third-order valence-electron chi connectivity index (χ3n) is 7.91. The molecule has 1 fully saturated rings. The van der Waals surface area contributed by atoms with Crippen LogP contribution in [0.2, 0.25) is 0 Å². The molecule has 3 rings (SSSR count). The molecule has 51 heavy (non-hydrogen) atoms. The fraction of sp³-hybridized carbons (Fsp3) is 0.500. The average Bonchev–Trinajstić information content (AvgIpc) is 3.13. The van der Waals surface area contributed by atoms with Gasteiger partial charge >= 0.3 is 5.97 Å². The first-order chi connectivity index (χ1) is 24.7. The van der Waals surface area contributed by atoms with Crippen LogP contribution >= 0.6 is 48.0 Å². The number of hydrogen-bond donors (Lipinski definition) is 3. The highest BCUT2D eigenvalue weighted by atomic mass is 32.2. The summed E-state index contributed by atoms with van der Waals surface area (Å²) in [5.74, 6) is -1.17. The molecule has 0 bridgehead atoms. The lowest BCUT2D eigenvalue weighted by Gasteiger charge is -2.28. The van der Waals surface area contributed by atoms with Crippen LogP contribution in [0, 0.1) is 0 Å². The third-order valence-corrected chi connectivity index (χ3v) is 10.9. The van der Waals surface area contributed by atoms with Gasteiger partial charge in [-0.05, 0) is 43.5 Å². The molecule has 1 saturated carbocycles. The second-order valence-electron chi connectivity index (χ2n) is 11.9. The number of benzene rings is 2. The van der Waals surface area contributed by atoms with E-state index < -0.39 is 5.97 Å². The minimum Gasteiger partial charge on any atom is -0.463 e. The van der Waals surface area contributed by atoms with Gasteiger partial charge in [-0.15, -0.1) is 0 Å². The van der Waals surface area contributed by atoms with Gasteiger partial charge in [0.25, 0.3) is 0 Å². The number of anilines is 2. The number of carbonyl (C=O) groups is 4. The second-order valence-corrected chi connectivity index (χ2v) is 15.1. The van der Waals surface area contributed by atoms with Crippen molar-refractivity contribution in [3.05, 3.63) is 60.7 Å². The van der Waals surface area contributed by atoms with Crippen molar-refractivity contribution in [2.75, 3.05) is 62.3 Å². The Morgan fingerprint density at radius 3 is 1.98 bits per heavy atom. The average molecular weight is 776 g/mol. The molecule has 15 heteroatoms. The summed E-state index contributed by atoms with van der Waals surface area (Å²) >= 11 is 13.4. The van der Waals surface area contributed by atoms with Gasteiger partial charge in [-0.2, -0.15) is 0 Å². The Morgan fingerprint density at radius 1 is 0.824 bits per heavy atom. The number of amides is 3. The number of nitrogens with zero attached hydrogens (tertiary/aromatic N) is 3. The maximum atomic E-state index is 13.6. The van der Waals surface area contributed by atoms with E-state index in [1.807, 2.05) is 67.6 Å². The van der Waals surface area contributed by atoms with Crippen LogP contribution in [0.1, 0.15) is 51.9 Å². The number of hydrogen-bond acceptors (Lipinski definition) is 10. The molecule has 2 aromatic rings. The molecular weight excluding hydrogens is 727 g/mol. The molecule has 0 unspecified atom stereocenters. The largest absolute Gasteiger partial charge is 0.463 e. The van der Waals surface area contributed by atoms with E-state index in [1.165, 1.54) is 6.42 Å². The molecule has 11 nitrogen and oxygen atoms in total. The van der Waals surface area contributed by atoms with Gasteiger partial charge in [0.1, 0.15) is 15.2 Å². The molecule has 278 valence electrons. The number of nitrogens with one attached hydrogen (secondary N) is 2. The Balaban J connectivity index is 1.57. The zero-order chi connectivity index (χ0) is 36.8. The Bertz CT molecular complexity index is 1380. The summed E-state index contributed by atoms with van der Waals surface area (Å²) in [6.45, 7) is 2.60. The van der Waals surface area contributed by atoms with Crippen LogP contribution in [0.5, 0.6) is 0 Å². The molecular formula is C36H49N5O6S4. The molecule has 1 aliphatic carbocycles. The number of aliphatic hydroxyl groups excluding tert-OH is 1. The smallest absolute Gasteiger partial charge is 0.316 e. The van der Waals surface area contributed by atoms with Crippen molar-refractivity contribution in [2.45, 2.75) is 57.9 Å². The number of rotatable bonds is 19. The van der Waals surface area contributed by atoms with Crippen molar-refractivity contribution in [2.24, 2.45) is 0 Å². The van der Waals surface area contributed by atoms with Crippen LogP contribution in [0.3, 0.4) is 0 Å². The number of thiocarbonyl (C=S) groups is 2. The molecule has 2 aromatic carbocycles. The Kier molecular flexibility index (Phi) is 19.9. The number of unbranched alkanes of at least 4 members (excludes halogenated alkanes) is 1. The normalized spacial score (nSPS) is 12.7. The topological polar surface area (TPSA) is 132 Å². The van der Waals surface area contributed by atoms with Crippen molar-refractivity contribution in [3.63, 3.8) is 0 Å². The quantitative estimate of drug-likeness (QED) is 0.102. The summed E-state index contributed by atoms with van der Waals surface area (Å²) < 4.78 is 6.13. The number of aliphatic hydroxyl groups is 1. The van der Waals surface area contributed by atoms with E-state index in [1.54, 1.807) is 14.7 Å². The SMILES string of the molecule is CCCCNC(=O)CN(CCO)C(=S)SCC(=O)OCCN(CC(=O)NC1CCCCC1)C(=S)SCC(=O)N(c1ccccc1)c1ccccc1. The summed E-state index contributed by atoms with van der Waals surface area (Å²) in [7, 11) is 0. The number of carbonyl (C=O) groups excluding carboxylic acids is 4. The van der Waals surface area contributed by atoms with Crippen LogP contribution in [0.4, 0.5) is 11.4 Å². The maximum Gasteiger partial charge on any atom is 0.316 e. The minimum absolute atomic E-state index is 0.0187. The van der Waals surface area contributed by atoms with Gasteiger partial charge < -0.3 is 30.3 Å². The van der Waals surface area contributed by atoms with Crippen molar-refractivity contribution in [1.82, 2.24) is 20.4 Å². The minimum atomic E-state index is -0.527. The van der Waals surface area contributed by atoms with Gasteiger partial charge in [0.2, 0.25) is 17.7 Å². The zero-order valence-electron chi connectivity index (χ0n) is 29.1. The van der Waals surface area contributed by atoms with Crippen LogP contribution in [-0.4, -0.2) is 111 Å². The van der Waals surface area contributed by atoms with Crippen molar-refractivity contribution >= 4 is 91.7 Å². The van der Waals surface area contributed by atoms with Crippen LogP contribution in [0.25, 0.3) is 0 Å². The number of para-hydroxylation sites is 2. The maximum absolute atomic E-state index is 13.6. The summed E-state index contributed by atoms with van der Waals surface area (Å²) in [5, 5.41) is 15.4. The Morgan fingerprint density at radius 2 is 1.39 bits per heavy atom. The van der Waals surface area contributed by atoms with Crippen LogP contribution in [0.15, 0.2) is 60.7 Å². The van der Waals surface area contributed by atoms with E-state index in [0.29, 0.717) is 15.2 Å². The highest BCUT2D eigenvalue weighted by molar-refractivity contribution is 8.23. The highest BCUT2D eigenvalue weighted by Crippen LogP contribution is 2.26. The molecule has 0 spiro atoms. The van der Waals surface area contributed by atoms with E-state index in [9.17, 15) is 24.3 Å². The van der Waals surface area contributed by atoms with E-state index in [2.05, 4.69) is 10.6 Å². The molecule has 1 aliphatic rings. The van der Waals surface area contributed by atoms with E-state index in [0.717, 1.165) is 73.4 Å². The van der Waals surface area contributed by atoms with E-state index in [4.69, 9.17) is 29.2 Å². The number of ether oxygens (including phenoxy) is 1. The first-order valence-electron chi connectivity index (χ1n) is 17.3. The van der Waals surface area contributed by atoms with Crippen molar-refractivity contribution < 1.29 is 29.0 Å². The molecule has 3 N–H and O–H groups in total. The van der Waals surface area contributed by atoms with Crippen molar-refractivity contribution in [1.29, 1.82) is 0 Å². The molecule has 0 atom stereocenters. The van der Waals surface area contributed by atoms with Gasteiger partial charge in [0, 0.05) is 30.5 Å². The molecule has 0 heterocycles. The van der Waals surface area contributed by atoms with Crippen LogP contribution < -0.4 is 15.5 Å². The lowest BCUT2D eigenvalue weighted by molar-refractivity contribution is -0.140. The second kappa shape index (κ2) is 24.1. The molecule has 0 aliphatic heterocycles. The number of esters is 1. The predicted octanol–water partition coefficient (Wildman–Crippen LogP) is 4.89. The standard InChI is InChI=1S/C36H49N5O6S4/c1-2-3-19-37-31(43)24-39(20-22-42)35(48)51-27-34(46)47-23-21-40(25-32(44)38-28-13-7-4-8-14-28)36(49)50-26-33(45)41(29-15-9-5-10-16-29)30-17-11-6-12-18-30/h5-6,9-12,15-18,28,42H,2-4,7-8,13-14,19-27H2,1H3,(H,37,43)(H,38,44). The number of thioether (sulfide) groups is 2. The predicted molar refractivity (Wildman–Crippen MR) is 214 cm³/mol. The molecule has 0 saturated heterocycles. The summed E-state index contributed by atoms with van der Waals surface area (Å²) in [5.41, 5.74) is 1.45. The van der Waals surface area contributed by atoms with Gasteiger partial charge in [-0.1, -0.05) is 117 Å². The lowest BCUT2D eigenvalue weighted by Crippen LogP contribution is -2.45. The monoisotopic (exact) mass is 775 g/mol. The first kappa shape index (κ1) is 42.2. The fourth-order valence-corrected chi connectivity index (χ4v) is 7.35. The summed E-state index contributed by atoms with van der Waals surface area (Å²) in [6, 6.07) is 18.8. The summed E-state index contributed by atoms with van der Waals surface area (Å²) in [4.78, 5) is 56.5. The Hall–Kier alpha value is -3.24. The molecule has 3 amide bonds. The fourth-order valence-electron chi connectivity index (χ4n) is 5.31. The molecule has 0 radical (unpaired) electrons. The molecule has 0 aromatic heterocycles. The highest BCUT2D eigenvalue weighted by Gasteiger charge is 2.23. The van der Waals surface area contributed by atoms with Gasteiger partial charge in [-0.3, -0.25) is 24.1 Å². The van der Waals surface area contributed by atoms with Gasteiger partial charge in [-0.25, -0.2) is 0 Å². The lowest BCUT2D eigenvalue weighted by atomic mass is 9.95.